The SMILES string of the molecule is COc1ccc2nc(COc3ccc(C(=O)N4CCN(Cc5ccccc5C(F)(F)F)CC4)cc3)[nH]c2c1. The molecule has 1 saturated heterocycles. The van der Waals surface area contributed by atoms with E-state index >= 15 is 0 Å². The van der Waals surface area contributed by atoms with Gasteiger partial charge in [-0.1, -0.05) is 18.2 Å². The summed E-state index contributed by atoms with van der Waals surface area (Å²) < 4.78 is 51.0. The second kappa shape index (κ2) is 10.7. The zero-order valence-corrected chi connectivity index (χ0v) is 20.8. The van der Waals surface area contributed by atoms with Crippen LogP contribution in [0.1, 0.15) is 27.3 Å². The summed E-state index contributed by atoms with van der Waals surface area (Å²) in [6.07, 6.45) is -4.38. The first-order chi connectivity index (χ1) is 18.3. The second-order valence-corrected chi connectivity index (χ2v) is 9.10. The van der Waals surface area contributed by atoms with Gasteiger partial charge in [0.05, 0.1) is 23.7 Å². The molecule has 0 aliphatic carbocycles. The highest BCUT2D eigenvalue weighted by molar-refractivity contribution is 5.94. The number of nitrogens with zero attached hydrogens (tertiary/aromatic N) is 3. The van der Waals surface area contributed by atoms with Gasteiger partial charge in [0, 0.05) is 44.4 Å². The number of amides is 1. The van der Waals surface area contributed by atoms with Crippen LogP contribution < -0.4 is 9.47 Å². The van der Waals surface area contributed by atoms with Gasteiger partial charge in [0.25, 0.3) is 5.91 Å². The largest absolute Gasteiger partial charge is 0.497 e. The number of H-pyrrole nitrogens is 1. The predicted molar refractivity (Wildman–Crippen MR) is 136 cm³/mol. The van der Waals surface area contributed by atoms with Crippen LogP contribution in [0.4, 0.5) is 13.2 Å². The van der Waals surface area contributed by atoms with Gasteiger partial charge in [0.2, 0.25) is 0 Å². The first kappa shape index (κ1) is 25.6. The molecule has 198 valence electrons. The lowest BCUT2D eigenvalue weighted by atomic mass is 10.1. The summed E-state index contributed by atoms with van der Waals surface area (Å²) in [5.74, 6) is 1.90. The highest BCUT2D eigenvalue weighted by Gasteiger charge is 2.33. The molecule has 0 saturated carbocycles. The number of carbonyl (C=O) groups is 1. The van der Waals surface area contributed by atoms with Crippen molar-refractivity contribution in [2.24, 2.45) is 0 Å². The van der Waals surface area contributed by atoms with Crippen LogP contribution in [-0.4, -0.2) is 59.0 Å². The highest BCUT2D eigenvalue weighted by atomic mass is 19.4. The number of rotatable bonds is 7. The molecular formula is C28H27F3N4O3. The first-order valence-corrected chi connectivity index (χ1v) is 12.2. The van der Waals surface area contributed by atoms with E-state index in [0.717, 1.165) is 22.8 Å². The van der Waals surface area contributed by atoms with Crippen molar-refractivity contribution in [2.75, 3.05) is 33.3 Å². The Morgan fingerprint density at radius 1 is 0.974 bits per heavy atom. The summed E-state index contributed by atoms with van der Waals surface area (Å²) in [7, 11) is 1.61. The van der Waals surface area contributed by atoms with Crippen LogP contribution in [0.5, 0.6) is 11.5 Å². The van der Waals surface area contributed by atoms with E-state index in [1.165, 1.54) is 12.1 Å². The monoisotopic (exact) mass is 524 g/mol. The normalized spacial score (nSPS) is 14.6. The maximum atomic E-state index is 13.3. The molecule has 0 spiro atoms. The molecule has 4 aromatic rings. The number of carbonyl (C=O) groups excluding carboxylic acids is 1. The van der Waals surface area contributed by atoms with Crippen molar-refractivity contribution in [3.8, 4) is 11.5 Å². The fraction of sp³-hybridized carbons (Fsp3) is 0.286. The molecule has 1 N–H and O–H groups in total. The quantitative estimate of drug-likeness (QED) is 0.363. The molecule has 38 heavy (non-hydrogen) atoms. The van der Waals surface area contributed by atoms with E-state index in [-0.39, 0.29) is 24.6 Å². The van der Waals surface area contributed by atoms with Crippen LogP contribution in [0.2, 0.25) is 0 Å². The summed E-state index contributed by atoms with van der Waals surface area (Å²) in [5, 5.41) is 0. The van der Waals surface area contributed by atoms with E-state index in [4.69, 9.17) is 9.47 Å². The standard InChI is InChI=1S/C28H27F3N4O3/c1-37-22-10-11-24-25(16-22)33-26(32-24)18-38-21-8-6-19(7-9-21)27(36)35-14-12-34(13-15-35)17-20-4-2-3-5-23(20)28(29,30)31/h2-11,16H,12-15,17-18H2,1H3,(H,32,33). The Balaban J connectivity index is 1.14. The smallest absolute Gasteiger partial charge is 0.416 e. The molecule has 10 heteroatoms. The minimum atomic E-state index is -4.38. The summed E-state index contributed by atoms with van der Waals surface area (Å²) in [4.78, 5) is 24.4. The van der Waals surface area contributed by atoms with Crippen molar-refractivity contribution in [1.82, 2.24) is 19.8 Å². The molecule has 1 aliphatic heterocycles. The number of fused-ring (bicyclic) bond motifs is 1. The molecule has 2 heterocycles. The summed E-state index contributed by atoms with van der Waals surface area (Å²) >= 11 is 0. The summed E-state index contributed by atoms with van der Waals surface area (Å²) in [6.45, 7) is 2.33. The van der Waals surface area contributed by atoms with Gasteiger partial charge in [0.15, 0.2) is 0 Å². The molecule has 3 aromatic carbocycles. The maximum Gasteiger partial charge on any atom is 0.416 e. The average Bonchev–Trinajstić information content (AvgIpc) is 3.34. The van der Waals surface area contributed by atoms with Crippen LogP contribution in [0.15, 0.2) is 66.7 Å². The van der Waals surface area contributed by atoms with E-state index < -0.39 is 11.7 Å². The fourth-order valence-electron chi connectivity index (χ4n) is 4.55. The van der Waals surface area contributed by atoms with Gasteiger partial charge in [-0.15, -0.1) is 0 Å². The van der Waals surface area contributed by atoms with Crippen molar-refractivity contribution in [3.63, 3.8) is 0 Å². The molecular weight excluding hydrogens is 497 g/mol. The molecule has 1 amide bonds. The van der Waals surface area contributed by atoms with Crippen molar-refractivity contribution >= 4 is 16.9 Å². The average molecular weight is 525 g/mol. The third kappa shape index (κ3) is 5.75. The van der Waals surface area contributed by atoms with E-state index in [1.54, 1.807) is 42.3 Å². The molecule has 0 unspecified atom stereocenters. The van der Waals surface area contributed by atoms with Gasteiger partial charge in [-0.3, -0.25) is 9.69 Å². The maximum absolute atomic E-state index is 13.3. The highest BCUT2D eigenvalue weighted by Crippen LogP contribution is 2.32. The number of nitrogens with one attached hydrogen (secondary N) is 1. The molecule has 5 rings (SSSR count). The Kier molecular flexibility index (Phi) is 7.24. The third-order valence-electron chi connectivity index (χ3n) is 6.59. The van der Waals surface area contributed by atoms with Gasteiger partial charge in [-0.05, 0) is 48.0 Å². The van der Waals surface area contributed by atoms with E-state index in [9.17, 15) is 18.0 Å². The minimum Gasteiger partial charge on any atom is -0.497 e. The Hall–Kier alpha value is -4.05. The topological polar surface area (TPSA) is 70.7 Å². The van der Waals surface area contributed by atoms with Crippen LogP contribution >= 0.6 is 0 Å². The number of hydrogen-bond donors (Lipinski definition) is 1. The van der Waals surface area contributed by atoms with E-state index in [1.807, 2.05) is 23.1 Å². The first-order valence-electron chi connectivity index (χ1n) is 12.2. The molecule has 0 radical (unpaired) electrons. The zero-order valence-electron chi connectivity index (χ0n) is 20.8. The number of halogens is 3. The van der Waals surface area contributed by atoms with Crippen molar-refractivity contribution in [1.29, 1.82) is 0 Å². The molecule has 1 aromatic heterocycles. The number of imidazole rings is 1. The van der Waals surface area contributed by atoms with Gasteiger partial charge in [0.1, 0.15) is 23.9 Å². The number of piperazine rings is 1. The van der Waals surface area contributed by atoms with Crippen molar-refractivity contribution in [3.05, 3.63) is 89.2 Å². The zero-order chi connectivity index (χ0) is 26.7. The number of benzene rings is 3. The number of ether oxygens (including phenoxy) is 2. The fourth-order valence-corrected chi connectivity index (χ4v) is 4.55. The molecule has 1 fully saturated rings. The van der Waals surface area contributed by atoms with Crippen LogP contribution in [0, 0.1) is 0 Å². The molecule has 7 nitrogen and oxygen atoms in total. The Bertz CT molecular complexity index is 1410. The molecule has 1 aliphatic rings. The Labute approximate surface area is 217 Å². The van der Waals surface area contributed by atoms with Crippen molar-refractivity contribution < 1.29 is 27.4 Å². The van der Waals surface area contributed by atoms with Crippen molar-refractivity contribution in [2.45, 2.75) is 19.3 Å². The van der Waals surface area contributed by atoms with Crippen LogP contribution in [-0.2, 0) is 19.3 Å². The third-order valence-corrected chi connectivity index (χ3v) is 6.59. The number of methoxy groups -OCH3 is 1. The lowest BCUT2D eigenvalue weighted by Crippen LogP contribution is -2.48. The second-order valence-electron chi connectivity index (χ2n) is 9.10. The lowest BCUT2D eigenvalue weighted by molar-refractivity contribution is -0.138. The molecule has 0 bridgehead atoms. The van der Waals surface area contributed by atoms with Crippen LogP contribution in [0.25, 0.3) is 11.0 Å². The van der Waals surface area contributed by atoms with Gasteiger partial charge < -0.3 is 19.4 Å². The Morgan fingerprint density at radius 3 is 2.39 bits per heavy atom. The number of hydrogen-bond acceptors (Lipinski definition) is 5. The molecule has 0 atom stereocenters. The predicted octanol–water partition coefficient (Wildman–Crippen LogP) is 5.13. The van der Waals surface area contributed by atoms with E-state index in [0.29, 0.717) is 43.3 Å². The Morgan fingerprint density at radius 2 is 1.68 bits per heavy atom. The summed E-state index contributed by atoms with van der Waals surface area (Å²) in [5.41, 5.74) is 1.84. The van der Waals surface area contributed by atoms with E-state index in [2.05, 4.69) is 9.97 Å². The van der Waals surface area contributed by atoms with Crippen LogP contribution in [0.3, 0.4) is 0 Å². The minimum absolute atomic E-state index is 0.113. The van der Waals surface area contributed by atoms with Gasteiger partial charge >= 0.3 is 6.18 Å². The number of aromatic amines is 1. The summed E-state index contributed by atoms with van der Waals surface area (Å²) in [6, 6.07) is 18.1. The van der Waals surface area contributed by atoms with Gasteiger partial charge in [-0.25, -0.2) is 4.98 Å². The van der Waals surface area contributed by atoms with Gasteiger partial charge in [-0.2, -0.15) is 13.2 Å². The number of aromatic nitrogens is 2. The number of alkyl halides is 3. The lowest BCUT2D eigenvalue weighted by Gasteiger charge is -2.35.